The summed E-state index contributed by atoms with van der Waals surface area (Å²) in [4.78, 5) is 20.9. The lowest BCUT2D eigenvalue weighted by atomic mass is 9.89. The van der Waals surface area contributed by atoms with E-state index in [2.05, 4.69) is 45.0 Å². The molecule has 0 aromatic carbocycles. The lowest BCUT2D eigenvalue weighted by molar-refractivity contribution is -0.124. The Hall–Kier alpha value is -3.58. The molecule has 3 heterocycles. The van der Waals surface area contributed by atoms with E-state index in [0.29, 0.717) is 11.5 Å². The van der Waals surface area contributed by atoms with Crippen molar-refractivity contribution in [3.05, 3.63) is 77.2 Å². The minimum Gasteiger partial charge on any atom is -0.372 e. The Morgan fingerprint density at radius 1 is 1.19 bits per heavy atom. The van der Waals surface area contributed by atoms with Crippen LogP contribution in [0.25, 0.3) is 17.3 Å². The van der Waals surface area contributed by atoms with Crippen LogP contribution in [0.1, 0.15) is 37.9 Å². The van der Waals surface area contributed by atoms with Crippen LogP contribution in [0, 0.1) is 12.8 Å². The molecule has 1 saturated heterocycles. The second kappa shape index (κ2) is 13.1. The number of nitrogens with one attached hydrogen (secondary N) is 1. The maximum Gasteiger partial charge on any atom is 0.252 e. The standard InChI is InChI=1S/C30H40N6O/c1-8-24(30(37)35(6)7)10-9-22(3)25-14-17-36(18-15-25)20-21(2)19-27-23(4)32-16-13-26(27)28-11-12-29(31-5)34-33-28/h8-13,16,19,25H,3,14-15,17-18,20H2,1-2,4-7H3,(H,31,34)/b10-9-,21-19+,24-8+. The first-order chi connectivity index (χ1) is 17.7. The number of carbonyl (C=O) groups excluding carboxylic acids is 1. The first-order valence-corrected chi connectivity index (χ1v) is 12.8. The fourth-order valence-electron chi connectivity index (χ4n) is 4.58. The van der Waals surface area contributed by atoms with Gasteiger partial charge < -0.3 is 10.2 Å². The van der Waals surface area contributed by atoms with Gasteiger partial charge in [-0.25, -0.2) is 0 Å². The lowest BCUT2D eigenvalue weighted by Crippen LogP contribution is -2.35. The Morgan fingerprint density at radius 2 is 1.92 bits per heavy atom. The lowest BCUT2D eigenvalue weighted by Gasteiger charge is -2.32. The molecule has 1 fully saturated rings. The largest absolute Gasteiger partial charge is 0.372 e. The van der Waals surface area contributed by atoms with Crippen LogP contribution in [-0.2, 0) is 4.79 Å². The number of rotatable bonds is 9. The quantitative estimate of drug-likeness (QED) is 0.379. The predicted octanol–water partition coefficient (Wildman–Crippen LogP) is 5.15. The Labute approximate surface area is 221 Å². The van der Waals surface area contributed by atoms with E-state index in [9.17, 15) is 4.79 Å². The minimum absolute atomic E-state index is 0.0117. The van der Waals surface area contributed by atoms with E-state index < -0.39 is 0 Å². The normalized spacial score (nSPS) is 15.7. The molecule has 0 saturated carbocycles. The minimum atomic E-state index is 0.0117. The molecule has 0 radical (unpaired) electrons. The third kappa shape index (κ3) is 7.46. The number of aromatic nitrogens is 3. The van der Waals surface area contributed by atoms with Crippen LogP contribution in [0.15, 0.2) is 65.9 Å². The number of likely N-dealkylation sites (tertiary alicyclic amines) is 1. The summed E-state index contributed by atoms with van der Waals surface area (Å²) in [6.07, 6.45) is 12.0. The molecule has 7 nitrogen and oxygen atoms in total. The number of anilines is 1. The topological polar surface area (TPSA) is 74.2 Å². The van der Waals surface area contributed by atoms with Crippen molar-refractivity contribution < 1.29 is 4.79 Å². The Balaban J connectivity index is 1.62. The molecule has 196 valence electrons. The molecule has 1 amide bonds. The molecule has 0 aliphatic carbocycles. The van der Waals surface area contributed by atoms with Crippen LogP contribution in [-0.4, -0.2) is 71.7 Å². The summed E-state index contributed by atoms with van der Waals surface area (Å²) in [6, 6.07) is 5.93. The molecule has 1 aliphatic rings. The van der Waals surface area contributed by atoms with Crippen molar-refractivity contribution in [2.24, 2.45) is 5.92 Å². The number of piperidine rings is 1. The second-order valence-corrected chi connectivity index (χ2v) is 9.80. The maximum absolute atomic E-state index is 12.2. The van der Waals surface area contributed by atoms with Crippen molar-refractivity contribution in [3.8, 4) is 11.3 Å². The Bertz CT molecular complexity index is 1190. The molecule has 0 atom stereocenters. The van der Waals surface area contributed by atoms with Gasteiger partial charge in [-0.05, 0) is 76.9 Å². The number of allylic oxidation sites excluding steroid dienone is 3. The van der Waals surface area contributed by atoms with E-state index in [1.165, 1.54) is 5.57 Å². The first kappa shape index (κ1) is 28.0. The molecular weight excluding hydrogens is 460 g/mol. The fraction of sp³-hybridized carbons (Fsp3) is 0.400. The average molecular weight is 501 g/mol. The fourth-order valence-corrected chi connectivity index (χ4v) is 4.58. The number of nitrogens with zero attached hydrogens (tertiary/aromatic N) is 5. The second-order valence-electron chi connectivity index (χ2n) is 9.80. The van der Waals surface area contributed by atoms with Crippen LogP contribution in [0.3, 0.4) is 0 Å². The van der Waals surface area contributed by atoms with Gasteiger partial charge in [-0.2, -0.15) is 0 Å². The van der Waals surface area contributed by atoms with Crippen molar-refractivity contribution in [2.75, 3.05) is 46.1 Å². The van der Waals surface area contributed by atoms with Gasteiger partial charge in [-0.1, -0.05) is 36.0 Å². The summed E-state index contributed by atoms with van der Waals surface area (Å²) < 4.78 is 0. The van der Waals surface area contributed by atoms with Gasteiger partial charge in [0.05, 0.1) is 5.69 Å². The van der Waals surface area contributed by atoms with Crippen LogP contribution in [0.4, 0.5) is 5.82 Å². The van der Waals surface area contributed by atoms with Crippen molar-refractivity contribution in [1.82, 2.24) is 25.0 Å². The van der Waals surface area contributed by atoms with Gasteiger partial charge in [-0.15, -0.1) is 10.2 Å². The number of likely N-dealkylation sites (N-methyl/N-ethyl adjacent to an activating group) is 1. The summed E-state index contributed by atoms with van der Waals surface area (Å²) in [6.45, 7) is 13.4. The van der Waals surface area contributed by atoms with Gasteiger partial charge in [-0.3, -0.25) is 14.7 Å². The highest BCUT2D eigenvalue weighted by Crippen LogP contribution is 2.28. The molecule has 1 N–H and O–H groups in total. The zero-order valence-electron chi connectivity index (χ0n) is 23.1. The number of pyridine rings is 1. The van der Waals surface area contributed by atoms with Gasteiger partial charge in [0.25, 0.3) is 5.91 Å². The third-order valence-electron chi connectivity index (χ3n) is 6.80. The third-order valence-corrected chi connectivity index (χ3v) is 6.80. The zero-order valence-corrected chi connectivity index (χ0v) is 23.1. The van der Waals surface area contributed by atoms with E-state index in [1.807, 2.05) is 63.5 Å². The van der Waals surface area contributed by atoms with Crippen molar-refractivity contribution >= 4 is 17.8 Å². The summed E-state index contributed by atoms with van der Waals surface area (Å²) in [5, 5.41) is 11.7. The highest BCUT2D eigenvalue weighted by Gasteiger charge is 2.21. The van der Waals surface area contributed by atoms with E-state index in [1.54, 1.807) is 19.0 Å². The van der Waals surface area contributed by atoms with E-state index in [-0.39, 0.29) is 5.91 Å². The molecule has 37 heavy (non-hydrogen) atoms. The summed E-state index contributed by atoms with van der Waals surface area (Å²) in [7, 11) is 5.38. The summed E-state index contributed by atoms with van der Waals surface area (Å²) in [5.74, 6) is 1.20. The molecule has 0 unspecified atom stereocenters. The van der Waals surface area contributed by atoms with Gasteiger partial charge in [0.1, 0.15) is 5.82 Å². The maximum atomic E-state index is 12.2. The molecular formula is C30H40N6O. The summed E-state index contributed by atoms with van der Waals surface area (Å²) in [5.41, 5.74) is 7.02. The van der Waals surface area contributed by atoms with Crippen molar-refractivity contribution in [3.63, 3.8) is 0 Å². The molecule has 0 bridgehead atoms. The SMILES string of the molecule is C=C(/C=C\C(=C/C)C(=O)N(C)C)C1CCN(C/C(C)=C/c2c(-c3ccc(NC)nn3)ccnc2C)CC1. The van der Waals surface area contributed by atoms with E-state index >= 15 is 0 Å². The number of carbonyl (C=O) groups is 1. The van der Waals surface area contributed by atoms with Crippen LogP contribution in [0.2, 0.25) is 0 Å². The smallest absolute Gasteiger partial charge is 0.252 e. The van der Waals surface area contributed by atoms with Crippen LogP contribution < -0.4 is 5.32 Å². The number of hydrogen-bond donors (Lipinski definition) is 1. The van der Waals surface area contributed by atoms with Gasteiger partial charge >= 0.3 is 0 Å². The number of aryl methyl sites for hydroxylation is 1. The van der Waals surface area contributed by atoms with Crippen LogP contribution >= 0.6 is 0 Å². The van der Waals surface area contributed by atoms with Crippen LogP contribution in [0.5, 0.6) is 0 Å². The highest BCUT2D eigenvalue weighted by atomic mass is 16.2. The van der Waals surface area contributed by atoms with E-state index in [0.717, 1.165) is 66.4 Å². The molecule has 2 aromatic heterocycles. The molecule has 0 spiro atoms. The molecule has 3 rings (SSSR count). The molecule has 1 aliphatic heterocycles. The highest BCUT2D eigenvalue weighted by molar-refractivity contribution is 5.95. The average Bonchev–Trinajstić information content (AvgIpc) is 2.90. The number of amides is 1. The number of hydrogen-bond acceptors (Lipinski definition) is 6. The zero-order chi connectivity index (χ0) is 26.9. The molecule has 7 heteroatoms. The van der Waals surface area contributed by atoms with Gasteiger partial charge in [0.2, 0.25) is 0 Å². The molecule has 2 aromatic rings. The first-order valence-electron chi connectivity index (χ1n) is 12.8. The van der Waals surface area contributed by atoms with Crippen molar-refractivity contribution in [2.45, 2.75) is 33.6 Å². The predicted molar refractivity (Wildman–Crippen MR) is 153 cm³/mol. The van der Waals surface area contributed by atoms with Crippen molar-refractivity contribution in [1.29, 1.82) is 0 Å². The van der Waals surface area contributed by atoms with E-state index in [4.69, 9.17) is 0 Å². The van der Waals surface area contributed by atoms with Gasteiger partial charge in [0, 0.05) is 56.3 Å². The summed E-state index contributed by atoms with van der Waals surface area (Å²) >= 11 is 0. The van der Waals surface area contributed by atoms with Gasteiger partial charge in [0.15, 0.2) is 0 Å². The Morgan fingerprint density at radius 3 is 2.51 bits per heavy atom. The Kier molecular flexibility index (Phi) is 9.92. The monoisotopic (exact) mass is 500 g/mol.